The van der Waals surface area contributed by atoms with Crippen LogP contribution in [0.1, 0.15) is 12.5 Å². The molecular formula is C15H21N3O3. The van der Waals surface area contributed by atoms with Crippen molar-refractivity contribution in [2.75, 3.05) is 26.2 Å². The Labute approximate surface area is 124 Å². The van der Waals surface area contributed by atoms with Gasteiger partial charge in [0.15, 0.2) is 0 Å². The van der Waals surface area contributed by atoms with E-state index in [0.717, 1.165) is 0 Å². The maximum Gasteiger partial charge on any atom is 0.244 e. The summed E-state index contributed by atoms with van der Waals surface area (Å²) >= 11 is 0. The molecule has 3 N–H and O–H groups in total. The molecule has 1 unspecified atom stereocenters. The van der Waals surface area contributed by atoms with Gasteiger partial charge in [0.1, 0.15) is 11.8 Å². The zero-order chi connectivity index (χ0) is 15.2. The Bertz CT molecular complexity index is 519. The van der Waals surface area contributed by atoms with Gasteiger partial charge in [-0.15, -0.1) is 0 Å². The second kappa shape index (κ2) is 7.08. The molecule has 1 aliphatic heterocycles. The number of nitrogens with zero attached hydrogens (tertiary/aromatic N) is 1. The molecule has 21 heavy (non-hydrogen) atoms. The molecule has 0 spiro atoms. The number of amides is 2. The molecule has 1 aliphatic rings. The van der Waals surface area contributed by atoms with Gasteiger partial charge in [-0.05, 0) is 13.0 Å². The lowest BCUT2D eigenvalue weighted by Crippen LogP contribution is -2.59. The summed E-state index contributed by atoms with van der Waals surface area (Å²) in [5, 5.41) is 15.6. The van der Waals surface area contributed by atoms with Crippen molar-refractivity contribution < 1.29 is 14.7 Å². The van der Waals surface area contributed by atoms with Crippen molar-refractivity contribution in [3.05, 3.63) is 29.8 Å². The SMILES string of the molecule is CCNC(=O)C1CNCCN1C(=O)Cc1ccccc1O. The first kappa shape index (κ1) is 15.3. The molecule has 6 heteroatoms. The zero-order valence-electron chi connectivity index (χ0n) is 12.1. The van der Waals surface area contributed by atoms with Gasteiger partial charge in [-0.2, -0.15) is 0 Å². The Hall–Kier alpha value is -2.08. The molecule has 1 aromatic carbocycles. The maximum absolute atomic E-state index is 12.4. The molecule has 1 heterocycles. The molecule has 6 nitrogen and oxygen atoms in total. The Morgan fingerprint density at radius 2 is 2.19 bits per heavy atom. The number of hydrogen-bond acceptors (Lipinski definition) is 4. The van der Waals surface area contributed by atoms with Gasteiger partial charge >= 0.3 is 0 Å². The largest absolute Gasteiger partial charge is 0.508 e. The first-order valence-corrected chi connectivity index (χ1v) is 7.18. The van der Waals surface area contributed by atoms with Gasteiger partial charge in [0, 0.05) is 31.7 Å². The number of nitrogens with one attached hydrogen (secondary N) is 2. The van der Waals surface area contributed by atoms with Gasteiger partial charge in [-0.25, -0.2) is 0 Å². The first-order valence-electron chi connectivity index (χ1n) is 7.18. The van der Waals surface area contributed by atoms with E-state index in [2.05, 4.69) is 10.6 Å². The summed E-state index contributed by atoms with van der Waals surface area (Å²) in [6.07, 6.45) is 0.0998. The minimum Gasteiger partial charge on any atom is -0.508 e. The summed E-state index contributed by atoms with van der Waals surface area (Å²) in [5.74, 6) is -0.180. The number of aromatic hydroxyl groups is 1. The van der Waals surface area contributed by atoms with Gasteiger partial charge in [-0.3, -0.25) is 9.59 Å². The smallest absolute Gasteiger partial charge is 0.244 e. The molecular weight excluding hydrogens is 270 g/mol. The molecule has 114 valence electrons. The topological polar surface area (TPSA) is 81.7 Å². The summed E-state index contributed by atoms with van der Waals surface area (Å²) in [6, 6.07) is 6.28. The predicted molar refractivity (Wildman–Crippen MR) is 78.9 cm³/mol. The number of carbonyl (C=O) groups excluding carboxylic acids is 2. The summed E-state index contributed by atoms with van der Waals surface area (Å²) in [6.45, 7) is 4.01. The van der Waals surface area contributed by atoms with Crippen LogP contribution >= 0.6 is 0 Å². The van der Waals surface area contributed by atoms with Gasteiger partial charge in [0.25, 0.3) is 0 Å². The van der Waals surface area contributed by atoms with Crippen LogP contribution < -0.4 is 10.6 Å². The van der Waals surface area contributed by atoms with E-state index in [9.17, 15) is 14.7 Å². The van der Waals surface area contributed by atoms with Crippen molar-refractivity contribution in [2.24, 2.45) is 0 Å². The molecule has 0 radical (unpaired) electrons. The van der Waals surface area contributed by atoms with Crippen LogP contribution in [0.4, 0.5) is 0 Å². The minimum atomic E-state index is -0.489. The normalized spacial score (nSPS) is 18.3. The third-order valence-corrected chi connectivity index (χ3v) is 3.55. The Morgan fingerprint density at radius 1 is 1.43 bits per heavy atom. The molecule has 1 atom stereocenters. The van der Waals surface area contributed by atoms with Crippen molar-refractivity contribution in [1.29, 1.82) is 0 Å². The summed E-state index contributed by atoms with van der Waals surface area (Å²) in [5.41, 5.74) is 0.579. The van der Waals surface area contributed by atoms with Crippen LogP contribution in [0.25, 0.3) is 0 Å². The predicted octanol–water partition coefficient (Wildman–Crippen LogP) is -0.129. The van der Waals surface area contributed by atoms with E-state index in [1.807, 2.05) is 6.92 Å². The van der Waals surface area contributed by atoms with E-state index in [1.165, 1.54) is 0 Å². The van der Waals surface area contributed by atoms with Gasteiger partial charge in [0.05, 0.1) is 6.42 Å². The third kappa shape index (κ3) is 3.72. The van der Waals surface area contributed by atoms with Crippen LogP contribution in [0.3, 0.4) is 0 Å². The third-order valence-electron chi connectivity index (χ3n) is 3.55. The molecule has 0 saturated carbocycles. The van der Waals surface area contributed by atoms with Crippen molar-refractivity contribution in [2.45, 2.75) is 19.4 Å². The molecule has 1 fully saturated rings. The van der Waals surface area contributed by atoms with E-state index < -0.39 is 6.04 Å². The number of rotatable bonds is 4. The van der Waals surface area contributed by atoms with Crippen molar-refractivity contribution >= 4 is 11.8 Å². The van der Waals surface area contributed by atoms with Crippen LogP contribution in [0, 0.1) is 0 Å². The maximum atomic E-state index is 12.4. The lowest BCUT2D eigenvalue weighted by atomic mass is 10.1. The minimum absolute atomic E-state index is 0.0998. The molecule has 2 amide bonds. The number of phenols is 1. The van der Waals surface area contributed by atoms with Crippen LogP contribution in [0.15, 0.2) is 24.3 Å². The van der Waals surface area contributed by atoms with Crippen LogP contribution in [0.5, 0.6) is 5.75 Å². The fourth-order valence-electron chi connectivity index (χ4n) is 2.45. The summed E-state index contributed by atoms with van der Waals surface area (Å²) < 4.78 is 0. The van der Waals surface area contributed by atoms with E-state index in [0.29, 0.717) is 31.7 Å². The number of carbonyl (C=O) groups is 2. The van der Waals surface area contributed by atoms with Gasteiger partial charge in [-0.1, -0.05) is 18.2 Å². The lowest BCUT2D eigenvalue weighted by molar-refractivity contribution is -0.141. The second-order valence-corrected chi connectivity index (χ2v) is 5.01. The zero-order valence-corrected chi connectivity index (χ0v) is 12.1. The Balaban J connectivity index is 2.08. The number of para-hydroxylation sites is 1. The van der Waals surface area contributed by atoms with Gasteiger partial charge < -0.3 is 20.6 Å². The second-order valence-electron chi connectivity index (χ2n) is 5.01. The number of piperazine rings is 1. The fraction of sp³-hybridized carbons (Fsp3) is 0.467. The quantitative estimate of drug-likeness (QED) is 0.722. The summed E-state index contributed by atoms with van der Waals surface area (Å²) in [7, 11) is 0. The van der Waals surface area contributed by atoms with E-state index in [-0.39, 0.29) is 24.0 Å². The van der Waals surface area contributed by atoms with E-state index >= 15 is 0 Å². The lowest BCUT2D eigenvalue weighted by Gasteiger charge is -2.35. The van der Waals surface area contributed by atoms with Crippen molar-refractivity contribution in [1.82, 2.24) is 15.5 Å². The standard InChI is InChI=1S/C15H21N3O3/c1-2-17-15(21)12-10-16-7-8-18(12)14(20)9-11-5-3-4-6-13(11)19/h3-6,12,16,19H,2,7-10H2,1H3,(H,17,21). The molecule has 1 saturated heterocycles. The Morgan fingerprint density at radius 3 is 2.90 bits per heavy atom. The molecule has 1 aromatic rings. The van der Waals surface area contributed by atoms with Crippen LogP contribution in [-0.4, -0.2) is 54.0 Å². The first-order chi connectivity index (χ1) is 10.1. The highest BCUT2D eigenvalue weighted by molar-refractivity contribution is 5.89. The highest BCUT2D eigenvalue weighted by Crippen LogP contribution is 2.18. The van der Waals surface area contributed by atoms with Gasteiger partial charge in [0.2, 0.25) is 11.8 Å². The number of hydrogen-bond donors (Lipinski definition) is 3. The number of likely N-dealkylation sites (N-methyl/N-ethyl adjacent to an activating group) is 1. The monoisotopic (exact) mass is 291 g/mol. The summed E-state index contributed by atoms with van der Waals surface area (Å²) in [4.78, 5) is 26.1. The molecule has 0 aliphatic carbocycles. The average molecular weight is 291 g/mol. The molecule has 2 rings (SSSR count). The molecule has 0 bridgehead atoms. The van der Waals surface area contributed by atoms with Crippen LogP contribution in [-0.2, 0) is 16.0 Å². The Kier molecular flexibility index (Phi) is 5.16. The highest BCUT2D eigenvalue weighted by Gasteiger charge is 2.31. The van der Waals surface area contributed by atoms with E-state index in [1.54, 1.807) is 29.2 Å². The number of phenolic OH excluding ortho intramolecular Hbond substituents is 1. The highest BCUT2D eigenvalue weighted by atomic mass is 16.3. The number of benzene rings is 1. The van der Waals surface area contributed by atoms with Crippen LogP contribution in [0.2, 0.25) is 0 Å². The van der Waals surface area contributed by atoms with Crippen molar-refractivity contribution in [3.8, 4) is 5.75 Å². The van der Waals surface area contributed by atoms with Crippen molar-refractivity contribution in [3.63, 3.8) is 0 Å². The fourth-order valence-corrected chi connectivity index (χ4v) is 2.45. The van der Waals surface area contributed by atoms with E-state index in [4.69, 9.17) is 0 Å². The molecule has 0 aromatic heterocycles. The average Bonchev–Trinajstić information content (AvgIpc) is 2.50.